The molecule has 3 aromatic heterocycles. The molecule has 3 atom stereocenters. The summed E-state index contributed by atoms with van der Waals surface area (Å²) < 4.78 is 5.39. The first-order valence-electron chi connectivity index (χ1n) is 11.9. The average Bonchev–Trinajstić information content (AvgIpc) is 3.32. The van der Waals surface area contributed by atoms with E-state index in [1.54, 1.807) is 25.4 Å². The van der Waals surface area contributed by atoms with Gasteiger partial charge in [-0.3, -0.25) is 10.00 Å². The lowest BCUT2D eigenvalue weighted by molar-refractivity contribution is 0.0276. The summed E-state index contributed by atoms with van der Waals surface area (Å²) >= 11 is 0. The zero-order valence-corrected chi connectivity index (χ0v) is 19.6. The zero-order valence-electron chi connectivity index (χ0n) is 19.6. The quantitative estimate of drug-likeness (QED) is 0.383. The summed E-state index contributed by atoms with van der Waals surface area (Å²) in [5, 5.41) is 32.0. The summed E-state index contributed by atoms with van der Waals surface area (Å²) in [7, 11) is 1.58. The highest BCUT2D eigenvalue weighted by atomic mass is 16.5. The summed E-state index contributed by atoms with van der Waals surface area (Å²) in [5.41, 5.74) is 2.21. The Labute approximate surface area is 203 Å². The Bertz CT molecular complexity index is 1190. The van der Waals surface area contributed by atoms with Crippen LogP contribution >= 0.6 is 0 Å². The van der Waals surface area contributed by atoms with E-state index >= 15 is 0 Å². The van der Waals surface area contributed by atoms with E-state index in [0.29, 0.717) is 46.9 Å². The molecule has 2 fully saturated rings. The molecule has 0 radical (unpaired) electrons. The number of anilines is 3. The summed E-state index contributed by atoms with van der Waals surface area (Å²) in [6.07, 6.45) is 7.26. The molecule has 0 saturated carbocycles. The minimum absolute atomic E-state index is 0.115. The second-order valence-corrected chi connectivity index (χ2v) is 9.07. The van der Waals surface area contributed by atoms with Crippen LogP contribution < -0.4 is 15.4 Å². The van der Waals surface area contributed by atoms with Gasteiger partial charge < -0.3 is 20.5 Å². The molecule has 2 aliphatic rings. The van der Waals surface area contributed by atoms with Crippen LogP contribution in [-0.2, 0) is 13.2 Å². The highest BCUT2D eigenvalue weighted by molar-refractivity contribution is 5.55. The maximum Gasteiger partial charge on any atom is 0.228 e. The third-order valence-corrected chi connectivity index (χ3v) is 6.73. The van der Waals surface area contributed by atoms with Gasteiger partial charge in [0, 0.05) is 43.0 Å². The molecule has 2 bridgehead atoms. The number of rotatable bonds is 8. The highest BCUT2D eigenvalue weighted by Gasteiger charge is 2.38. The van der Waals surface area contributed by atoms with Gasteiger partial charge in [-0.15, -0.1) is 0 Å². The molecule has 182 valence electrons. The first-order valence-corrected chi connectivity index (χ1v) is 11.9. The van der Waals surface area contributed by atoms with Crippen molar-refractivity contribution in [1.29, 1.82) is 5.26 Å². The number of aromatic amines is 1. The van der Waals surface area contributed by atoms with Gasteiger partial charge >= 0.3 is 0 Å². The van der Waals surface area contributed by atoms with Gasteiger partial charge in [-0.1, -0.05) is 6.42 Å². The molecule has 2 saturated heterocycles. The van der Waals surface area contributed by atoms with Crippen LogP contribution in [-0.4, -0.2) is 60.4 Å². The van der Waals surface area contributed by atoms with Gasteiger partial charge in [0.15, 0.2) is 5.82 Å². The maximum atomic E-state index is 9.24. The molecule has 0 amide bonds. The van der Waals surface area contributed by atoms with Crippen LogP contribution in [0.25, 0.3) is 0 Å². The van der Waals surface area contributed by atoms with Crippen LogP contribution in [0.4, 0.5) is 17.6 Å². The van der Waals surface area contributed by atoms with Crippen molar-refractivity contribution < 1.29 is 9.84 Å². The van der Waals surface area contributed by atoms with Crippen LogP contribution in [0.15, 0.2) is 30.5 Å². The molecule has 3 aromatic rings. The number of aliphatic hydroxyl groups excluding tert-OH is 1. The normalized spacial score (nSPS) is 21.8. The Hall–Kier alpha value is -3.75. The minimum Gasteiger partial charge on any atom is -0.481 e. The summed E-state index contributed by atoms with van der Waals surface area (Å²) in [5.74, 6) is 2.07. The van der Waals surface area contributed by atoms with Crippen molar-refractivity contribution in [2.24, 2.45) is 0 Å². The number of nitrogens with one attached hydrogen (secondary N) is 3. The lowest BCUT2D eigenvalue weighted by Gasteiger charge is -2.49. The number of aromatic nitrogens is 5. The van der Waals surface area contributed by atoms with Crippen molar-refractivity contribution >= 4 is 17.6 Å². The van der Waals surface area contributed by atoms with E-state index in [1.165, 1.54) is 6.42 Å². The topological polar surface area (TPSA) is 148 Å². The van der Waals surface area contributed by atoms with Gasteiger partial charge in [-0.05, 0) is 43.4 Å². The largest absolute Gasteiger partial charge is 0.481 e. The van der Waals surface area contributed by atoms with Crippen molar-refractivity contribution in [3.8, 4) is 11.9 Å². The number of fused-ring (bicyclic) bond motifs is 2. The zero-order chi connectivity index (χ0) is 24.2. The number of nitrogens with zero attached hydrogens (tertiary/aromatic N) is 6. The second-order valence-electron chi connectivity index (χ2n) is 9.07. The Morgan fingerprint density at radius 1 is 1.20 bits per heavy atom. The number of ether oxygens (including phenoxy) is 1. The van der Waals surface area contributed by atoms with Crippen LogP contribution in [0.2, 0.25) is 0 Å². The van der Waals surface area contributed by atoms with E-state index in [2.05, 4.69) is 46.8 Å². The third kappa shape index (κ3) is 5.34. The van der Waals surface area contributed by atoms with Crippen LogP contribution in [0.3, 0.4) is 0 Å². The molecular formula is C24H29N9O2. The Morgan fingerprint density at radius 2 is 2.03 bits per heavy atom. The molecule has 35 heavy (non-hydrogen) atoms. The van der Waals surface area contributed by atoms with Gasteiger partial charge in [0.1, 0.15) is 17.6 Å². The van der Waals surface area contributed by atoms with E-state index < -0.39 is 0 Å². The molecule has 0 unspecified atom stereocenters. The van der Waals surface area contributed by atoms with Gasteiger partial charge in [0.05, 0.1) is 19.4 Å². The Morgan fingerprint density at radius 3 is 2.74 bits per heavy atom. The Kier molecular flexibility index (Phi) is 6.74. The maximum absolute atomic E-state index is 9.24. The predicted octanol–water partition coefficient (Wildman–Crippen LogP) is 2.71. The lowest BCUT2D eigenvalue weighted by Crippen LogP contribution is -2.54. The standard InChI is InChI=1S/C24H29N9O2/c1-35-23-11-21(28-22-10-18(14-34)31-32-22)29-24(30-23)27-16-8-19-3-2-4-20(9-16)33(19)13-15-5-6-26-17(7-15)12-25/h5-7,10-11,16,19-20,34H,2-4,8-9,13-14H2,1H3,(H3,27,28,29,30,31,32)/t16-,19+,20-. The molecule has 2 aliphatic heterocycles. The molecule has 4 N–H and O–H groups in total. The van der Waals surface area contributed by atoms with Gasteiger partial charge in [-0.2, -0.15) is 20.3 Å². The molecule has 0 aliphatic carbocycles. The number of aliphatic hydroxyl groups is 1. The Balaban J connectivity index is 1.28. The fraction of sp³-hybridized carbons (Fsp3) is 0.458. The van der Waals surface area contributed by atoms with Gasteiger partial charge in [0.25, 0.3) is 0 Å². The van der Waals surface area contributed by atoms with E-state index in [1.807, 2.05) is 12.1 Å². The third-order valence-electron chi connectivity index (χ3n) is 6.73. The van der Waals surface area contributed by atoms with Crippen molar-refractivity contribution in [1.82, 2.24) is 30.0 Å². The van der Waals surface area contributed by atoms with Gasteiger partial charge in [-0.25, -0.2) is 4.98 Å². The van der Waals surface area contributed by atoms with Gasteiger partial charge in [0.2, 0.25) is 11.8 Å². The number of H-pyrrole nitrogens is 1. The van der Waals surface area contributed by atoms with Crippen LogP contribution in [0.5, 0.6) is 5.88 Å². The second kappa shape index (κ2) is 10.2. The fourth-order valence-electron chi connectivity index (χ4n) is 5.18. The van der Waals surface area contributed by atoms with Crippen LogP contribution in [0, 0.1) is 11.3 Å². The van der Waals surface area contributed by atoms with Crippen molar-refractivity contribution in [3.63, 3.8) is 0 Å². The van der Waals surface area contributed by atoms with E-state index in [-0.39, 0.29) is 12.6 Å². The SMILES string of the molecule is COc1cc(Nc2cc(CO)[nH]n2)nc(N[C@H]2C[C@H]3CCC[C@@H](C2)N3Cc2ccnc(C#N)c2)n1. The number of pyridine rings is 1. The summed E-state index contributed by atoms with van der Waals surface area (Å²) in [4.78, 5) is 15.8. The number of hydrogen-bond acceptors (Lipinski definition) is 10. The lowest BCUT2D eigenvalue weighted by atomic mass is 9.81. The van der Waals surface area contributed by atoms with E-state index in [4.69, 9.17) is 4.74 Å². The molecule has 0 spiro atoms. The molecule has 11 nitrogen and oxygen atoms in total. The molecule has 5 rings (SSSR count). The summed E-state index contributed by atoms with van der Waals surface area (Å²) in [6.45, 7) is 0.721. The number of methoxy groups -OCH3 is 1. The first-order chi connectivity index (χ1) is 17.1. The van der Waals surface area contributed by atoms with Crippen molar-refractivity contribution in [3.05, 3.63) is 47.4 Å². The number of nitriles is 1. The first kappa shape index (κ1) is 23.0. The highest BCUT2D eigenvalue weighted by Crippen LogP contribution is 2.36. The smallest absolute Gasteiger partial charge is 0.228 e. The number of hydrogen-bond donors (Lipinski definition) is 4. The predicted molar refractivity (Wildman–Crippen MR) is 129 cm³/mol. The van der Waals surface area contributed by atoms with Crippen LogP contribution in [0.1, 0.15) is 49.1 Å². The fourth-order valence-corrected chi connectivity index (χ4v) is 5.18. The molecule has 0 aromatic carbocycles. The van der Waals surface area contributed by atoms with Crippen molar-refractivity contribution in [2.75, 3.05) is 17.7 Å². The van der Waals surface area contributed by atoms with Crippen molar-refractivity contribution in [2.45, 2.75) is 63.4 Å². The minimum atomic E-state index is -0.115. The molecule has 11 heteroatoms. The van der Waals surface area contributed by atoms with E-state index in [9.17, 15) is 10.4 Å². The number of piperidine rings is 2. The average molecular weight is 476 g/mol. The van der Waals surface area contributed by atoms with E-state index in [0.717, 1.165) is 37.8 Å². The molecular weight excluding hydrogens is 446 g/mol. The summed E-state index contributed by atoms with van der Waals surface area (Å²) in [6, 6.07) is 10.6. The monoisotopic (exact) mass is 475 g/mol. The molecule has 5 heterocycles.